The Kier molecular flexibility index (Phi) is 5.87. The highest BCUT2D eigenvalue weighted by molar-refractivity contribution is 9.10. The molecule has 22 heavy (non-hydrogen) atoms. The molecule has 1 fully saturated rings. The van der Waals surface area contributed by atoms with Crippen LogP contribution in [0, 0.1) is 0 Å². The first-order valence-electron chi connectivity index (χ1n) is 7.81. The molecular weight excluding hydrogens is 344 g/mol. The minimum absolute atomic E-state index is 0.136. The monoisotopic (exact) mass is 368 g/mol. The second-order valence-corrected chi connectivity index (χ2v) is 7.62. The molecule has 0 radical (unpaired) electrons. The molecule has 4 nitrogen and oxygen atoms in total. The molecular formula is C17H25BrN2O2. The van der Waals surface area contributed by atoms with Gasteiger partial charge in [-0.2, -0.15) is 0 Å². The number of rotatable bonds is 4. The van der Waals surface area contributed by atoms with Crippen LogP contribution >= 0.6 is 15.9 Å². The van der Waals surface area contributed by atoms with Crippen molar-refractivity contribution in [3.8, 4) is 0 Å². The Morgan fingerprint density at radius 2 is 1.95 bits per heavy atom. The molecule has 1 amide bonds. The maximum absolute atomic E-state index is 11.9. The van der Waals surface area contributed by atoms with E-state index < -0.39 is 5.60 Å². The Morgan fingerprint density at radius 1 is 1.27 bits per heavy atom. The van der Waals surface area contributed by atoms with Crippen molar-refractivity contribution in [1.82, 2.24) is 10.6 Å². The Labute approximate surface area is 141 Å². The second kappa shape index (κ2) is 7.47. The zero-order chi connectivity index (χ0) is 16.2. The van der Waals surface area contributed by atoms with Crippen LogP contribution in [0.15, 0.2) is 28.7 Å². The van der Waals surface area contributed by atoms with Gasteiger partial charge in [-0.3, -0.25) is 0 Å². The summed E-state index contributed by atoms with van der Waals surface area (Å²) in [5, 5.41) is 6.56. The summed E-state index contributed by atoms with van der Waals surface area (Å²) in [4.78, 5) is 11.9. The third kappa shape index (κ3) is 5.29. The van der Waals surface area contributed by atoms with Crippen molar-refractivity contribution < 1.29 is 9.53 Å². The van der Waals surface area contributed by atoms with Crippen molar-refractivity contribution in [3.05, 3.63) is 34.3 Å². The fourth-order valence-electron chi connectivity index (χ4n) is 2.72. The van der Waals surface area contributed by atoms with E-state index in [1.165, 1.54) is 5.56 Å². The first kappa shape index (κ1) is 17.3. The molecule has 1 aromatic carbocycles. The van der Waals surface area contributed by atoms with E-state index in [9.17, 15) is 4.79 Å². The van der Waals surface area contributed by atoms with E-state index in [0.29, 0.717) is 6.04 Å². The second-order valence-electron chi connectivity index (χ2n) is 6.76. The topological polar surface area (TPSA) is 50.4 Å². The molecule has 0 spiro atoms. The van der Waals surface area contributed by atoms with Crippen LogP contribution < -0.4 is 10.6 Å². The molecule has 0 aliphatic heterocycles. The van der Waals surface area contributed by atoms with E-state index in [0.717, 1.165) is 30.3 Å². The first-order chi connectivity index (χ1) is 10.3. The van der Waals surface area contributed by atoms with Crippen LogP contribution in [-0.2, 0) is 11.3 Å². The van der Waals surface area contributed by atoms with E-state index in [-0.39, 0.29) is 12.1 Å². The lowest BCUT2D eigenvalue weighted by molar-refractivity contribution is 0.0498. The summed E-state index contributed by atoms with van der Waals surface area (Å²) in [5.74, 6) is 0. The fraction of sp³-hybridized carbons (Fsp3) is 0.588. The van der Waals surface area contributed by atoms with Gasteiger partial charge in [0.05, 0.1) is 0 Å². The van der Waals surface area contributed by atoms with Gasteiger partial charge in [0.25, 0.3) is 0 Å². The maximum atomic E-state index is 11.9. The molecule has 5 heteroatoms. The van der Waals surface area contributed by atoms with E-state index in [1.807, 2.05) is 39.0 Å². The summed E-state index contributed by atoms with van der Waals surface area (Å²) in [6, 6.07) is 8.62. The Hall–Kier alpha value is -1.07. The lowest BCUT2D eigenvalue weighted by Gasteiger charge is -2.25. The lowest BCUT2D eigenvalue weighted by atomic mass is 10.1. The number of amides is 1. The summed E-state index contributed by atoms with van der Waals surface area (Å²) in [5.41, 5.74) is 0.769. The van der Waals surface area contributed by atoms with Crippen molar-refractivity contribution in [3.63, 3.8) is 0 Å². The van der Waals surface area contributed by atoms with Crippen molar-refractivity contribution in [2.24, 2.45) is 0 Å². The van der Waals surface area contributed by atoms with Crippen LogP contribution in [0.25, 0.3) is 0 Å². The smallest absolute Gasteiger partial charge is 0.407 e. The van der Waals surface area contributed by atoms with Crippen molar-refractivity contribution in [2.45, 2.75) is 64.3 Å². The van der Waals surface area contributed by atoms with Gasteiger partial charge in [0.15, 0.2) is 0 Å². The average Bonchev–Trinajstić information content (AvgIpc) is 2.83. The molecule has 1 aliphatic rings. The zero-order valence-electron chi connectivity index (χ0n) is 13.5. The van der Waals surface area contributed by atoms with Crippen LogP contribution in [0.5, 0.6) is 0 Å². The van der Waals surface area contributed by atoms with Crippen molar-refractivity contribution in [1.29, 1.82) is 0 Å². The van der Waals surface area contributed by atoms with Crippen LogP contribution in [-0.4, -0.2) is 23.8 Å². The molecule has 122 valence electrons. The van der Waals surface area contributed by atoms with Gasteiger partial charge in [0.2, 0.25) is 0 Å². The summed E-state index contributed by atoms with van der Waals surface area (Å²) in [6.07, 6.45) is 2.86. The van der Waals surface area contributed by atoms with Gasteiger partial charge in [-0.15, -0.1) is 0 Å². The predicted octanol–water partition coefficient (Wildman–Crippen LogP) is 3.98. The van der Waals surface area contributed by atoms with Crippen LogP contribution in [0.1, 0.15) is 45.6 Å². The molecule has 2 atom stereocenters. The highest BCUT2D eigenvalue weighted by Crippen LogP contribution is 2.22. The number of halogens is 1. The van der Waals surface area contributed by atoms with Gasteiger partial charge in [-0.05, 0) is 51.7 Å². The standard InChI is InChI=1S/C17H25BrN2O2/c1-17(2,3)22-16(21)20-15-10-6-9-14(15)19-11-12-7-4-5-8-13(12)18/h4-5,7-8,14-15,19H,6,9-11H2,1-3H3,(H,20,21). The minimum atomic E-state index is -0.458. The molecule has 0 bridgehead atoms. The number of benzene rings is 1. The highest BCUT2D eigenvalue weighted by atomic mass is 79.9. The minimum Gasteiger partial charge on any atom is -0.444 e. The first-order valence-corrected chi connectivity index (χ1v) is 8.61. The highest BCUT2D eigenvalue weighted by Gasteiger charge is 2.29. The molecule has 1 saturated carbocycles. The molecule has 1 aromatic rings. The number of alkyl carbamates (subject to hydrolysis) is 1. The summed E-state index contributed by atoms with van der Waals surface area (Å²) in [7, 11) is 0. The van der Waals surface area contributed by atoms with Gasteiger partial charge in [0.1, 0.15) is 5.60 Å². The third-order valence-electron chi connectivity index (χ3n) is 3.73. The quantitative estimate of drug-likeness (QED) is 0.844. The average molecular weight is 369 g/mol. The maximum Gasteiger partial charge on any atom is 0.407 e. The largest absolute Gasteiger partial charge is 0.444 e. The lowest BCUT2D eigenvalue weighted by Crippen LogP contribution is -2.47. The van der Waals surface area contributed by atoms with Gasteiger partial charge < -0.3 is 15.4 Å². The van der Waals surface area contributed by atoms with E-state index in [4.69, 9.17) is 4.74 Å². The molecule has 0 heterocycles. The van der Waals surface area contributed by atoms with E-state index >= 15 is 0 Å². The molecule has 2 N–H and O–H groups in total. The van der Waals surface area contributed by atoms with Gasteiger partial charge in [-0.25, -0.2) is 4.79 Å². The Morgan fingerprint density at radius 3 is 2.64 bits per heavy atom. The van der Waals surface area contributed by atoms with Gasteiger partial charge in [-0.1, -0.05) is 34.1 Å². The van der Waals surface area contributed by atoms with Crippen LogP contribution in [0.2, 0.25) is 0 Å². The number of ether oxygens (including phenoxy) is 1. The zero-order valence-corrected chi connectivity index (χ0v) is 15.1. The van der Waals surface area contributed by atoms with E-state index in [1.54, 1.807) is 0 Å². The third-order valence-corrected chi connectivity index (χ3v) is 4.50. The number of hydrogen-bond acceptors (Lipinski definition) is 3. The van der Waals surface area contributed by atoms with Crippen LogP contribution in [0.4, 0.5) is 4.79 Å². The molecule has 0 saturated heterocycles. The van der Waals surface area contributed by atoms with Gasteiger partial charge in [0, 0.05) is 23.1 Å². The number of nitrogens with one attached hydrogen (secondary N) is 2. The van der Waals surface area contributed by atoms with Crippen molar-refractivity contribution in [2.75, 3.05) is 0 Å². The van der Waals surface area contributed by atoms with Crippen molar-refractivity contribution >= 4 is 22.0 Å². The normalized spacial score (nSPS) is 21.6. The number of carbonyl (C=O) groups excluding carboxylic acids is 1. The summed E-state index contributed by atoms with van der Waals surface area (Å²) >= 11 is 3.56. The SMILES string of the molecule is CC(C)(C)OC(=O)NC1CCCC1NCc1ccccc1Br. The van der Waals surface area contributed by atoms with Gasteiger partial charge >= 0.3 is 6.09 Å². The molecule has 1 aliphatic carbocycles. The molecule has 2 unspecified atom stereocenters. The molecule has 0 aromatic heterocycles. The van der Waals surface area contributed by atoms with Crippen LogP contribution in [0.3, 0.4) is 0 Å². The van der Waals surface area contributed by atoms with E-state index in [2.05, 4.69) is 32.6 Å². The molecule has 2 rings (SSSR count). The summed E-state index contributed by atoms with van der Waals surface area (Å²) in [6.45, 7) is 6.43. The number of carbonyl (C=O) groups is 1. The summed E-state index contributed by atoms with van der Waals surface area (Å²) < 4.78 is 6.45. The Bertz CT molecular complexity index is 514. The predicted molar refractivity (Wildman–Crippen MR) is 91.8 cm³/mol. The number of hydrogen-bond donors (Lipinski definition) is 2. The Balaban J connectivity index is 1.86. The fourth-order valence-corrected chi connectivity index (χ4v) is 3.14.